The first-order valence-corrected chi connectivity index (χ1v) is 19.3. The molecule has 0 saturated carbocycles. The molecule has 110 valence electrons. The van der Waals surface area contributed by atoms with Gasteiger partial charge in [-0.1, -0.05) is 0 Å². The summed E-state index contributed by atoms with van der Waals surface area (Å²) in [6, 6.07) is 33.5. The Morgan fingerprint density at radius 1 is 0.591 bits per heavy atom. The Morgan fingerprint density at radius 2 is 0.909 bits per heavy atom. The van der Waals surface area contributed by atoms with E-state index >= 15 is 0 Å². The Kier molecular flexibility index (Phi) is 5.37. The van der Waals surface area contributed by atoms with E-state index in [1.165, 1.54) is 0 Å². The molecule has 2 heteroatoms. The molecule has 0 N–H and O–H groups in total. The molecule has 0 atom stereocenters. The van der Waals surface area contributed by atoms with Crippen molar-refractivity contribution < 1.29 is 0 Å². The van der Waals surface area contributed by atoms with Crippen LogP contribution in [-0.2, 0) is 0 Å². The van der Waals surface area contributed by atoms with E-state index < -0.39 is 19.7 Å². The minimum absolute atomic E-state index is 1.15. The van der Waals surface area contributed by atoms with Crippen LogP contribution >= 0.6 is 8.31 Å². The summed E-state index contributed by atoms with van der Waals surface area (Å²) in [7, 11) is 2.21. The average molecular weight is 500 g/mol. The van der Waals surface area contributed by atoms with Crippen LogP contribution < -0.4 is 9.37 Å². The predicted molar refractivity (Wildman–Crippen MR) is 102 cm³/mol. The molecule has 0 heterocycles. The average Bonchev–Trinajstić information content (AvgIpc) is 2.62. The molecule has 0 spiro atoms. The summed E-state index contributed by atoms with van der Waals surface area (Å²) in [4.78, 5) is 0. The Bertz CT molecular complexity index is 599. The summed E-state index contributed by atoms with van der Waals surface area (Å²) in [5, 5.41) is 0. The van der Waals surface area contributed by atoms with Gasteiger partial charge < -0.3 is 0 Å². The number of rotatable bonds is 5. The molecule has 0 aromatic heterocycles. The van der Waals surface area contributed by atoms with Gasteiger partial charge in [0.15, 0.2) is 0 Å². The number of benzene rings is 3. The van der Waals surface area contributed by atoms with Crippen molar-refractivity contribution in [2.24, 2.45) is 0 Å². The van der Waals surface area contributed by atoms with Crippen LogP contribution in [0.4, 0.5) is 0 Å². The van der Waals surface area contributed by atoms with Crippen LogP contribution in [0.5, 0.6) is 0 Å². The van der Waals surface area contributed by atoms with Gasteiger partial charge in [-0.2, -0.15) is 0 Å². The maximum atomic E-state index is 2.34. The molecule has 0 unspecified atom stereocenters. The first-order chi connectivity index (χ1) is 10.9. The third-order valence-electron chi connectivity index (χ3n) is 3.90. The normalized spacial score (nSPS) is 11.3. The van der Waals surface area contributed by atoms with Crippen molar-refractivity contribution in [3.8, 4) is 0 Å². The summed E-state index contributed by atoms with van der Waals surface area (Å²) >= 11 is -3.12. The van der Waals surface area contributed by atoms with E-state index in [2.05, 4.69) is 106 Å². The fourth-order valence-electron chi connectivity index (χ4n) is 2.99. The molecular weight excluding hydrogens is 479 g/mol. The Morgan fingerprint density at radius 3 is 1.18 bits per heavy atom. The molecule has 0 aliphatic rings. The van der Waals surface area contributed by atoms with E-state index in [0.717, 1.165) is 5.75 Å². The summed E-state index contributed by atoms with van der Waals surface area (Å²) < 4.78 is 4.66. The first kappa shape index (κ1) is 15.8. The summed E-state index contributed by atoms with van der Waals surface area (Å²) in [5.41, 5.74) is 0. The Balaban J connectivity index is 2.29. The zero-order valence-corrected chi connectivity index (χ0v) is 17.5. The van der Waals surface area contributed by atoms with Gasteiger partial charge in [0.2, 0.25) is 0 Å². The molecular formula is C20H20PbS. The van der Waals surface area contributed by atoms with E-state index in [0.29, 0.717) is 0 Å². The molecule has 0 amide bonds. The van der Waals surface area contributed by atoms with Crippen molar-refractivity contribution in [2.75, 3.05) is 5.75 Å². The van der Waals surface area contributed by atoms with Gasteiger partial charge in [-0.3, -0.25) is 0 Å². The fraction of sp³-hybridized carbons (Fsp3) is 0.100. The summed E-state index contributed by atoms with van der Waals surface area (Å²) in [6.07, 6.45) is 0. The van der Waals surface area contributed by atoms with E-state index in [4.69, 9.17) is 0 Å². The molecule has 0 aliphatic heterocycles. The molecule has 22 heavy (non-hydrogen) atoms. The standard InChI is InChI=1S/3C6H5.C2H6S.Pb/c3*1-2-4-6-5-3-1;1-2-3;/h3*1-5H;3H,2H2,1H3;/q;;;;+1/p-1. The van der Waals surface area contributed by atoms with Gasteiger partial charge >= 0.3 is 141 Å². The van der Waals surface area contributed by atoms with Crippen molar-refractivity contribution in [3.05, 3.63) is 91.0 Å². The molecule has 3 aromatic rings. The van der Waals surface area contributed by atoms with Crippen LogP contribution in [-0.4, -0.2) is 25.4 Å². The van der Waals surface area contributed by atoms with Crippen molar-refractivity contribution >= 4 is 37.4 Å². The van der Waals surface area contributed by atoms with Crippen molar-refractivity contribution in [2.45, 2.75) is 6.92 Å². The van der Waals surface area contributed by atoms with Crippen LogP contribution in [0.15, 0.2) is 91.0 Å². The molecule has 0 fully saturated rings. The van der Waals surface area contributed by atoms with E-state index in [1.54, 1.807) is 9.37 Å². The first-order valence-electron chi connectivity index (χ1n) is 7.68. The Labute approximate surface area is 140 Å². The van der Waals surface area contributed by atoms with Gasteiger partial charge in [0.05, 0.1) is 0 Å². The SMILES string of the molecule is CC[S][Pb]([c]1ccccc1)([c]1ccccc1)[c]1ccccc1. The molecule has 0 nitrogen and oxygen atoms in total. The van der Waals surface area contributed by atoms with E-state index in [1.807, 2.05) is 0 Å². The summed E-state index contributed by atoms with van der Waals surface area (Å²) in [5.74, 6) is 1.15. The van der Waals surface area contributed by atoms with Crippen LogP contribution in [0, 0.1) is 0 Å². The molecule has 0 bridgehead atoms. The van der Waals surface area contributed by atoms with Crippen LogP contribution in [0.3, 0.4) is 0 Å². The van der Waals surface area contributed by atoms with Gasteiger partial charge in [0.1, 0.15) is 0 Å². The second kappa shape index (κ2) is 7.47. The van der Waals surface area contributed by atoms with Gasteiger partial charge in [-0.05, 0) is 0 Å². The zero-order valence-electron chi connectivity index (χ0n) is 12.8. The van der Waals surface area contributed by atoms with Crippen LogP contribution in [0.2, 0.25) is 0 Å². The minimum atomic E-state index is -3.12. The topological polar surface area (TPSA) is 0 Å². The van der Waals surface area contributed by atoms with Crippen molar-refractivity contribution in [3.63, 3.8) is 0 Å². The van der Waals surface area contributed by atoms with Crippen LogP contribution in [0.25, 0.3) is 0 Å². The third-order valence-corrected chi connectivity index (χ3v) is 32.6. The number of hydrogen-bond acceptors (Lipinski definition) is 1. The van der Waals surface area contributed by atoms with Gasteiger partial charge in [0.25, 0.3) is 0 Å². The molecule has 3 aromatic carbocycles. The van der Waals surface area contributed by atoms with Crippen LogP contribution in [0.1, 0.15) is 6.92 Å². The second-order valence-corrected chi connectivity index (χ2v) is 26.8. The fourth-order valence-corrected chi connectivity index (χ4v) is 30.0. The predicted octanol–water partition coefficient (Wildman–Crippen LogP) is 3.41. The van der Waals surface area contributed by atoms with Gasteiger partial charge in [0, 0.05) is 0 Å². The molecule has 0 radical (unpaired) electrons. The zero-order chi connectivity index (χ0) is 15.3. The molecule has 3 rings (SSSR count). The molecule has 0 saturated heterocycles. The quantitative estimate of drug-likeness (QED) is 0.485. The number of hydrogen-bond donors (Lipinski definition) is 0. The maximum absolute atomic E-state index is 3.12. The second-order valence-electron chi connectivity index (χ2n) is 5.21. The van der Waals surface area contributed by atoms with Gasteiger partial charge in [-0.15, -0.1) is 0 Å². The van der Waals surface area contributed by atoms with Gasteiger partial charge in [-0.25, -0.2) is 0 Å². The Hall–Kier alpha value is -1.07. The van der Waals surface area contributed by atoms with E-state index in [-0.39, 0.29) is 0 Å². The van der Waals surface area contributed by atoms with Crippen molar-refractivity contribution in [1.29, 1.82) is 0 Å². The molecule has 0 aliphatic carbocycles. The van der Waals surface area contributed by atoms with Crippen molar-refractivity contribution in [1.82, 2.24) is 0 Å². The monoisotopic (exact) mass is 500 g/mol. The summed E-state index contributed by atoms with van der Waals surface area (Å²) in [6.45, 7) is 2.29. The van der Waals surface area contributed by atoms with E-state index in [9.17, 15) is 0 Å². The third kappa shape index (κ3) is 3.02.